The van der Waals surface area contributed by atoms with Crippen molar-refractivity contribution in [1.82, 2.24) is 40.0 Å². The minimum absolute atomic E-state index is 0.0354. The molecule has 15 nitrogen and oxygen atoms in total. The predicted molar refractivity (Wildman–Crippen MR) is 225 cm³/mol. The van der Waals surface area contributed by atoms with Gasteiger partial charge in [0.2, 0.25) is 11.8 Å². The molecule has 3 N–H and O–H groups in total. The van der Waals surface area contributed by atoms with Crippen LogP contribution in [0.4, 0.5) is 10.6 Å². The summed E-state index contributed by atoms with van der Waals surface area (Å²) in [6, 6.07) is 26.2. The van der Waals surface area contributed by atoms with Crippen molar-refractivity contribution in [2.75, 3.05) is 50.8 Å². The fourth-order valence-corrected chi connectivity index (χ4v) is 8.42. The zero-order chi connectivity index (χ0) is 41.8. The number of carbonyl (C=O) groups excluding carboxylic acids is 4. The summed E-state index contributed by atoms with van der Waals surface area (Å²) in [4.78, 5) is 67.0. The molecule has 3 aliphatic rings. The molecule has 0 spiro atoms. The number of phenols is 1. The van der Waals surface area contributed by atoms with E-state index in [9.17, 15) is 24.3 Å². The molecular weight excluding hydrogens is 763 g/mol. The number of benzene rings is 3. The lowest BCUT2D eigenvalue weighted by atomic mass is 9.98. The third-order valence-electron chi connectivity index (χ3n) is 11.3. The lowest BCUT2D eigenvalue weighted by Gasteiger charge is -2.55. The maximum absolute atomic E-state index is 14.7. The zero-order valence-corrected chi connectivity index (χ0v) is 33.6. The van der Waals surface area contributed by atoms with Gasteiger partial charge in [-0.2, -0.15) is 0 Å². The first kappa shape index (κ1) is 40.1. The Labute approximate surface area is 348 Å². The molecule has 0 bridgehead atoms. The van der Waals surface area contributed by atoms with E-state index in [0.29, 0.717) is 18.8 Å². The van der Waals surface area contributed by atoms with Crippen molar-refractivity contribution < 1.29 is 29.0 Å². The summed E-state index contributed by atoms with van der Waals surface area (Å²) >= 11 is 0. The number of aromatic nitrogens is 2. The highest BCUT2D eigenvalue weighted by Crippen LogP contribution is 2.32. The number of fused-ring (bicyclic) bond motifs is 2. The highest BCUT2D eigenvalue weighted by Gasteiger charge is 2.51. The van der Waals surface area contributed by atoms with Crippen molar-refractivity contribution in [3.05, 3.63) is 138 Å². The van der Waals surface area contributed by atoms with Crippen LogP contribution in [0.25, 0.3) is 10.9 Å². The second kappa shape index (κ2) is 17.6. The van der Waals surface area contributed by atoms with E-state index in [4.69, 9.17) is 9.72 Å². The quantitative estimate of drug-likeness (QED) is 0.160. The number of morpholine rings is 1. The van der Waals surface area contributed by atoms with Crippen LogP contribution < -0.4 is 15.5 Å². The Bertz CT molecular complexity index is 2380. The average molecular weight is 812 g/mol. The summed E-state index contributed by atoms with van der Waals surface area (Å²) in [5.41, 5.74) is 4.46. The molecule has 2 aromatic heterocycles. The highest BCUT2D eigenvalue weighted by molar-refractivity contribution is 6.07. The monoisotopic (exact) mass is 811 g/mol. The van der Waals surface area contributed by atoms with Crippen LogP contribution in [-0.4, -0.2) is 116 Å². The van der Waals surface area contributed by atoms with E-state index in [2.05, 4.69) is 22.1 Å². The molecule has 5 aromatic rings. The normalized spacial score (nSPS) is 18.4. The van der Waals surface area contributed by atoms with Gasteiger partial charge >= 0.3 is 6.03 Å². The maximum Gasteiger partial charge on any atom is 0.334 e. The van der Waals surface area contributed by atoms with Crippen LogP contribution in [0.1, 0.15) is 32.7 Å². The molecule has 0 unspecified atom stereocenters. The molecule has 5 amide bonds. The van der Waals surface area contributed by atoms with Crippen molar-refractivity contribution in [1.29, 1.82) is 0 Å². The summed E-state index contributed by atoms with van der Waals surface area (Å²) < 4.78 is 7.38. The van der Waals surface area contributed by atoms with Gasteiger partial charge in [0.25, 0.3) is 5.91 Å². The minimum Gasteiger partial charge on any atom is -0.508 e. The van der Waals surface area contributed by atoms with E-state index in [-0.39, 0.29) is 69.2 Å². The number of rotatable bonds is 12. The van der Waals surface area contributed by atoms with Gasteiger partial charge in [-0.25, -0.2) is 19.8 Å². The molecule has 0 radical (unpaired) electrons. The largest absolute Gasteiger partial charge is 0.508 e. The van der Waals surface area contributed by atoms with Gasteiger partial charge in [-0.05, 0) is 41.0 Å². The number of ether oxygens (including phenoxy) is 1. The second-order valence-electron chi connectivity index (χ2n) is 15.2. The molecule has 0 saturated carbocycles. The maximum atomic E-state index is 14.7. The Kier molecular flexibility index (Phi) is 11.8. The van der Waals surface area contributed by atoms with Gasteiger partial charge in [0.1, 0.15) is 23.8 Å². The number of anilines is 1. The van der Waals surface area contributed by atoms with Crippen LogP contribution in [0.3, 0.4) is 0 Å². The van der Waals surface area contributed by atoms with Gasteiger partial charge in [-0.1, -0.05) is 72.8 Å². The Morgan fingerprint density at radius 3 is 2.45 bits per heavy atom. The smallest absolute Gasteiger partial charge is 0.334 e. The number of urea groups is 1. The van der Waals surface area contributed by atoms with Crippen molar-refractivity contribution >= 4 is 40.5 Å². The van der Waals surface area contributed by atoms with Gasteiger partial charge in [0.05, 0.1) is 49.6 Å². The van der Waals surface area contributed by atoms with Crippen LogP contribution in [0, 0.1) is 0 Å². The van der Waals surface area contributed by atoms with E-state index < -0.39 is 18.2 Å². The number of carbonyl (C=O) groups is 4. The number of hydrogen-bond acceptors (Lipinski definition) is 9. The summed E-state index contributed by atoms with van der Waals surface area (Å²) in [6.07, 6.45) is 2.76. The molecule has 310 valence electrons. The van der Waals surface area contributed by atoms with Gasteiger partial charge in [0.15, 0.2) is 0 Å². The average Bonchev–Trinajstić information content (AvgIpc) is 3.61. The van der Waals surface area contributed by atoms with Gasteiger partial charge in [-0.15, -0.1) is 6.58 Å². The van der Waals surface area contributed by atoms with Crippen LogP contribution in [0.2, 0.25) is 0 Å². The first-order valence-corrected chi connectivity index (χ1v) is 20.2. The van der Waals surface area contributed by atoms with E-state index >= 15 is 0 Å². The number of phenolic OH excluding ortho intramolecular Hbond substituents is 1. The Morgan fingerprint density at radius 1 is 0.917 bits per heavy atom. The Hall–Kier alpha value is -6.71. The number of aromatic hydroxyl groups is 1. The summed E-state index contributed by atoms with van der Waals surface area (Å²) in [6.45, 7) is 7.50. The van der Waals surface area contributed by atoms with Crippen molar-refractivity contribution in [3.63, 3.8) is 0 Å². The first-order chi connectivity index (χ1) is 29.2. The van der Waals surface area contributed by atoms with Crippen LogP contribution in [0.5, 0.6) is 5.75 Å². The lowest BCUT2D eigenvalue weighted by molar-refractivity contribution is -0.189. The summed E-state index contributed by atoms with van der Waals surface area (Å²) in [5, 5.41) is 20.0. The highest BCUT2D eigenvalue weighted by atomic mass is 16.5. The summed E-state index contributed by atoms with van der Waals surface area (Å²) in [5.74, 6) is 0.124. The molecule has 8 rings (SSSR count). The van der Waals surface area contributed by atoms with Crippen LogP contribution in [-0.2, 0) is 47.4 Å². The number of hydrazine groups is 1. The third kappa shape index (κ3) is 8.40. The topological polar surface area (TPSA) is 156 Å². The minimum atomic E-state index is -0.944. The SMILES string of the molecule is C=CCN1CC(=O)N2[C@@H](Cc3ccc(O)cc3)C(=O)N(Cc3cccc4c(C(=O)NCc5cccc(N6CCOCC6)n5)cn(C)c34)C[C@@H]2N1C(=O)NCc1ccccc1. The van der Waals surface area contributed by atoms with E-state index in [1.807, 2.05) is 78.3 Å². The summed E-state index contributed by atoms with van der Waals surface area (Å²) in [7, 11) is 1.87. The number of nitrogens with one attached hydrogen (secondary N) is 2. The van der Waals surface area contributed by atoms with Crippen molar-refractivity contribution in [2.24, 2.45) is 7.05 Å². The Morgan fingerprint density at radius 2 is 1.68 bits per heavy atom. The molecular formula is C45H49N9O6. The number of hydrogen-bond donors (Lipinski definition) is 3. The predicted octanol–water partition coefficient (Wildman–Crippen LogP) is 3.78. The fourth-order valence-electron chi connectivity index (χ4n) is 8.42. The first-order valence-electron chi connectivity index (χ1n) is 20.2. The van der Waals surface area contributed by atoms with Gasteiger partial charge in [0, 0.05) is 57.8 Å². The third-order valence-corrected chi connectivity index (χ3v) is 11.3. The second-order valence-corrected chi connectivity index (χ2v) is 15.2. The molecule has 60 heavy (non-hydrogen) atoms. The number of aryl methyl sites for hydroxylation is 1. The fraction of sp³-hybridized carbons (Fsp3) is 0.311. The molecule has 2 atom stereocenters. The standard InChI is InChI=1S/C45H49N9O6/c1-3-19-52-30-41(56)53-38(24-31-15-17-35(55)18-16-31)44(58)51(29-40(53)54(52)45(59)47-25-32-9-5-4-6-10-32)27-33-11-7-13-36-37(28-49(2)42(33)36)43(57)46-26-34-12-8-14-39(48-34)50-20-22-60-23-21-50/h3-18,28,38,40,55H,1,19-27,29-30H2,2H3,(H,46,57)(H,47,59)/t38-,40-/m0/s1. The van der Waals surface area contributed by atoms with Crippen molar-refractivity contribution in [2.45, 2.75) is 38.3 Å². The zero-order valence-electron chi connectivity index (χ0n) is 33.6. The number of para-hydroxylation sites is 1. The van der Waals surface area contributed by atoms with E-state index in [1.54, 1.807) is 56.4 Å². The van der Waals surface area contributed by atoms with Gasteiger partial charge in [-0.3, -0.25) is 14.4 Å². The molecule has 3 saturated heterocycles. The molecule has 5 heterocycles. The molecule has 3 aromatic carbocycles. The van der Waals surface area contributed by atoms with Crippen LogP contribution >= 0.6 is 0 Å². The molecule has 0 aliphatic carbocycles. The van der Waals surface area contributed by atoms with Crippen molar-refractivity contribution in [3.8, 4) is 5.75 Å². The molecule has 3 fully saturated rings. The number of piperazine rings is 1. The number of nitrogens with zero attached hydrogens (tertiary/aromatic N) is 7. The lowest BCUT2D eigenvalue weighted by Crippen LogP contribution is -2.76. The number of pyridine rings is 1. The van der Waals surface area contributed by atoms with Gasteiger partial charge < -0.3 is 39.7 Å². The van der Waals surface area contributed by atoms with E-state index in [1.165, 1.54) is 0 Å². The Balaban J connectivity index is 1.08. The molecule has 3 aliphatic heterocycles. The molecule has 15 heteroatoms. The van der Waals surface area contributed by atoms with Crippen LogP contribution in [0.15, 0.2) is 110 Å². The van der Waals surface area contributed by atoms with E-state index in [0.717, 1.165) is 52.2 Å². The number of amides is 5.